The summed E-state index contributed by atoms with van der Waals surface area (Å²) >= 11 is 0. The van der Waals surface area contributed by atoms with Crippen molar-refractivity contribution in [2.24, 2.45) is 0 Å². The minimum absolute atomic E-state index is 0.423. The van der Waals surface area contributed by atoms with Gasteiger partial charge in [0.2, 0.25) is 0 Å². The Balaban J connectivity index is 1.83. The first kappa shape index (κ1) is 19.2. The Bertz CT molecular complexity index is 709. The lowest BCUT2D eigenvalue weighted by Gasteiger charge is -2.12. The maximum Gasteiger partial charge on any atom is 0.335 e. The van der Waals surface area contributed by atoms with Gasteiger partial charge in [0.1, 0.15) is 0 Å². The summed E-state index contributed by atoms with van der Waals surface area (Å²) in [6.07, 6.45) is 2.86. The molecule has 0 spiro atoms. The summed E-state index contributed by atoms with van der Waals surface area (Å²) in [7, 11) is 0. The van der Waals surface area contributed by atoms with E-state index in [-0.39, 0.29) is 0 Å². The molecule has 2 aromatic carbocycles. The lowest BCUT2D eigenvalue weighted by molar-refractivity contribution is 0.0695. The molecule has 2 rings (SSSR count). The van der Waals surface area contributed by atoms with Gasteiger partial charge in [0.15, 0.2) is 0 Å². The average Bonchev–Trinajstić information content (AvgIpc) is 2.60. The number of benzene rings is 2. The molecule has 3 nitrogen and oxygen atoms in total. The van der Waals surface area contributed by atoms with Crippen LogP contribution in [0, 0.1) is 6.92 Å². The summed E-state index contributed by atoms with van der Waals surface area (Å²) in [5.74, 6) is -0.250. The number of aromatic carboxylic acids is 1. The van der Waals surface area contributed by atoms with Gasteiger partial charge in [-0.15, -0.1) is 0 Å². The third-order valence-corrected chi connectivity index (χ3v) is 4.75. The number of hydrogen-bond acceptors (Lipinski definition) is 2. The molecule has 0 saturated carbocycles. The quantitative estimate of drug-likeness (QED) is 0.637. The van der Waals surface area contributed by atoms with E-state index >= 15 is 0 Å². The molecule has 0 amide bonds. The Morgan fingerprint density at radius 2 is 2.00 bits per heavy atom. The zero-order valence-electron chi connectivity index (χ0n) is 15.5. The molecule has 3 heteroatoms. The Labute approximate surface area is 151 Å². The number of aryl methyl sites for hydroxylation is 2. The molecule has 2 N–H and O–H groups in total. The second kappa shape index (κ2) is 9.38. The molecule has 1 atom stereocenters. The molecule has 0 radical (unpaired) electrons. The van der Waals surface area contributed by atoms with Crippen molar-refractivity contribution in [3.8, 4) is 0 Å². The predicted molar refractivity (Wildman–Crippen MR) is 103 cm³/mol. The molecule has 0 aliphatic heterocycles. The summed E-state index contributed by atoms with van der Waals surface area (Å²) in [4.78, 5) is 11.3. The molecular weight excluding hydrogens is 310 g/mol. The molecule has 0 aromatic heterocycles. The SMILES string of the molecule is CCC(C)c1cccc(CNCCCc2cc(C)ccc2C(=O)O)c1. The fourth-order valence-electron chi connectivity index (χ4n) is 3.02. The highest BCUT2D eigenvalue weighted by Gasteiger charge is 2.09. The Morgan fingerprint density at radius 3 is 2.72 bits per heavy atom. The van der Waals surface area contributed by atoms with Crippen molar-refractivity contribution in [3.63, 3.8) is 0 Å². The van der Waals surface area contributed by atoms with E-state index in [1.54, 1.807) is 6.07 Å². The van der Waals surface area contributed by atoms with Crippen LogP contribution >= 0.6 is 0 Å². The van der Waals surface area contributed by atoms with Gasteiger partial charge in [0.05, 0.1) is 5.56 Å². The third-order valence-electron chi connectivity index (χ3n) is 4.75. The van der Waals surface area contributed by atoms with Crippen LogP contribution in [-0.4, -0.2) is 17.6 Å². The van der Waals surface area contributed by atoms with E-state index in [1.807, 2.05) is 19.1 Å². The summed E-state index contributed by atoms with van der Waals surface area (Å²) in [6.45, 7) is 8.20. The minimum Gasteiger partial charge on any atom is -0.478 e. The van der Waals surface area contributed by atoms with Crippen molar-refractivity contribution < 1.29 is 9.90 Å². The Kier molecular flexibility index (Phi) is 7.20. The first-order valence-electron chi connectivity index (χ1n) is 9.13. The standard InChI is InChI=1S/C22H29NO2/c1-4-17(3)19-8-5-7-18(14-19)15-23-12-6-9-20-13-16(2)10-11-21(20)22(24)25/h5,7-8,10-11,13-14,17,23H,4,6,9,12,15H2,1-3H3,(H,24,25). The van der Waals surface area contributed by atoms with Crippen LogP contribution in [0.2, 0.25) is 0 Å². The van der Waals surface area contributed by atoms with Crippen LogP contribution in [0.15, 0.2) is 42.5 Å². The first-order chi connectivity index (χ1) is 12.0. The fraction of sp³-hybridized carbons (Fsp3) is 0.409. The van der Waals surface area contributed by atoms with Crippen molar-refractivity contribution >= 4 is 5.97 Å². The van der Waals surface area contributed by atoms with Crippen LogP contribution in [0.4, 0.5) is 0 Å². The number of hydrogen-bond donors (Lipinski definition) is 2. The second-order valence-corrected chi connectivity index (χ2v) is 6.80. The van der Waals surface area contributed by atoms with Crippen LogP contribution in [0.5, 0.6) is 0 Å². The van der Waals surface area contributed by atoms with E-state index in [9.17, 15) is 9.90 Å². The van der Waals surface area contributed by atoms with Crippen LogP contribution in [-0.2, 0) is 13.0 Å². The lowest BCUT2D eigenvalue weighted by Crippen LogP contribution is -2.16. The number of carboxylic acids is 1. The van der Waals surface area contributed by atoms with Crippen molar-refractivity contribution in [2.75, 3.05) is 6.54 Å². The van der Waals surface area contributed by atoms with Crippen LogP contribution in [0.1, 0.15) is 65.2 Å². The van der Waals surface area contributed by atoms with Crippen molar-refractivity contribution in [1.29, 1.82) is 0 Å². The van der Waals surface area contributed by atoms with E-state index in [2.05, 4.69) is 43.4 Å². The molecule has 0 aliphatic rings. The fourth-order valence-corrected chi connectivity index (χ4v) is 3.02. The van der Waals surface area contributed by atoms with Gasteiger partial charge < -0.3 is 10.4 Å². The van der Waals surface area contributed by atoms with Gasteiger partial charge in [0.25, 0.3) is 0 Å². The summed E-state index contributed by atoms with van der Waals surface area (Å²) in [5, 5.41) is 12.8. The van der Waals surface area contributed by atoms with Crippen LogP contribution in [0.3, 0.4) is 0 Å². The monoisotopic (exact) mass is 339 g/mol. The molecule has 0 saturated heterocycles. The van der Waals surface area contributed by atoms with E-state index in [0.29, 0.717) is 11.5 Å². The van der Waals surface area contributed by atoms with Gasteiger partial charge in [-0.3, -0.25) is 0 Å². The summed E-state index contributed by atoms with van der Waals surface area (Å²) in [6, 6.07) is 14.3. The van der Waals surface area contributed by atoms with Crippen molar-refractivity contribution in [2.45, 2.75) is 52.5 Å². The smallest absolute Gasteiger partial charge is 0.335 e. The predicted octanol–water partition coefficient (Wildman–Crippen LogP) is 4.93. The highest BCUT2D eigenvalue weighted by Crippen LogP contribution is 2.19. The van der Waals surface area contributed by atoms with Crippen LogP contribution in [0.25, 0.3) is 0 Å². The van der Waals surface area contributed by atoms with E-state index in [0.717, 1.165) is 43.5 Å². The molecule has 0 fully saturated rings. The maximum absolute atomic E-state index is 11.3. The van der Waals surface area contributed by atoms with E-state index in [1.165, 1.54) is 11.1 Å². The second-order valence-electron chi connectivity index (χ2n) is 6.80. The lowest BCUT2D eigenvalue weighted by atomic mass is 9.97. The third kappa shape index (κ3) is 5.71. The van der Waals surface area contributed by atoms with E-state index < -0.39 is 5.97 Å². The Hall–Kier alpha value is -2.13. The molecule has 1 unspecified atom stereocenters. The maximum atomic E-state index is 11.3. The van der Waals surface area contributed by atoms with Gasteiger partial charge in [0, 0.05) is 6.54 Å². The molecule has 0 heterocycles. The van der Waals surface area contributed by atoms with Gasteiger partial charge in [-0.25, -0.2) is 4.79 Å². The number of rotatable bonds is 9. The topological polar surface area (TPSA) is 49.3 Å². The van der Waals surface area contributed by atoms with Crippen molar-refractivity contribution in [3.05, 3.63) is 70.3 Å². The van der Waals surface area contributed by atoms with Gasteiger partial charge in [-0.05, 0) is 61.4 Å². The number of carboxylic acid groups (broad SMARTS) is 1. The van der Waals surface area contributed by atoms with Crippen LogP contribution < -0.4 is 5.32 Å². The normalized spacial score (nSPS) is 12.1. The van der Waals surface area contributed by atoms with Gasteiger partial charge in [-0.2, -0.15) is 0 Å². The molecule has 25 heavy (non-hydrogen) atoms. The highest BCUT2D eigenvalue weighted by atomic mass is 16.4. The summed E-state index contributed by atoms with van der Waals surface area (Å²) < 4.78 is 0. The summed E-state index contributed by atoms with van der Waals surface area (Å²) in [5.41, 5.74) is 5.15. The van der Waals surface area contributed by atoms with Gasteiger partial charge >= 0.3 is 5.97 Å². The molecule has 2 aromatic rings. The zero-order valence-corrected chi connectivity index (χ0v) is 15.5. The Morgan fingerprint density at radius 1 is 1.20 bits per heavy atom. The van der Waals surface area contributed by atoms with Crippen molar-refractivity contribution in [1.82, 2.24) is 5.32 Å². The first-order valence-corrected chi connectivity index (χ1v) is 9.13. The number of nitrogens with one attached hydrogen (secondary N) is 1. The minimum atomic E-state index is -0.843. The number of carbonyl (C=O) groups is 1. The zero-order chi connectivity index (χ0) is 18.2. The molecular formula is C22H29NO2. The van der Waals surface area contributed by atoms with Gasteiger partial charge in [-0.1, -0.05) is 55.8 Å². The largest absolute Gasteiger partial charge is 0.478 e. The average molecular weight is 339 g/mol. The molecule has 134 valence electrons. The van der Waals surface area contributed by atoms with E-state index in [4.69, 9.17) is 0 Å². The highest BCUT2D eigenvalue weighted by molar-refractivity contribution is 5.89. The molecule has 0 aliphatic carbocycles. The molecule has 0 bridgehead atoms.